The summed E-state index contributed by atoms with van der Waals surface area (Å²) in [6.45, 7) is 1.21. The summed E-state index contributed by atoms with van der Waals surface area (Å²) in [5, 5.41) is 36.4. The van der Waals surface area contributed by atoms with Gasteiger partial charge in [0.15, 0.2) is 0 Å². The largest absolute Gasteiger partial charge is 0.394 e. The Bertz CT molecular complexity index is 146. The van der Waals surface area contributed by atoms with E-state index in [2.05, 4.69) is 0 Å². The van der Waals surface area contributed by atoms with E-state index in [0.29, 0.717) is 0 Å². The van der Waals surface area contributed by atoms with Crippen molar-refractivity contribution >= 4 is 0 Å². The molecule has 4 N–H and O–H groups in total. The van der Waals surface area contributed by atoms with E-state index in [9.17, 15) is 15.3 Å². The molecule has 0 amide bonds. The molecule has 5 heteroatoms. The van der Waals surface area contributed by atoms with Gasteiger partial charge in [0.05, 0.1) is 12.7 Å². The SMILES string of the molecule is CC1OC(CO)C(O)[C@@H](O)[C@H]1O. The Balaban J connectivity index is 2.63. The summed E-state index contributed by atoms with van der Waals surface area (Å²) in [7, 11) is 0. The van der Waals surface area contributed by atoms with Gasteiger partial charge in [0, 0.05) is 0 Å². The van der Waals surface area contributed by atoms with Gasteiger partial charge in [-0.05, 0) is 6.92 Å². The van der Waals surface area contributed by atoms with Crippen molar-refractivity contribution in [1.29, 1.82) is 0 Å². The Hall–Kier alpha value is -0.200. The second-order valence-corrected chi connectivity index (χ2v) is 3.03. The van der Waals surface area contributed by atoms with Gasteiger partial charge in [-0.3, -0.25) is 0 Å². The normalized spacial score (nSPS) is 49.2. The second kappa shape index (κ2) is 3.68. The Morgan fingerprint density at radius 3 is 2.17 bits per heavy atom. The average Bonchev–Trinajstić information content (AvgIpc) is 2.08. The molecule has 0 saturated carbocycles. The standard InChI is InChI=1S/C7H14O5/c1-3-5(9)7(11)6(10)4(2-8)12-3/h3-11H,2H2,1H3/t3?,4?,5-,6?,7-/m0/s1. The highest BCUT2D eigenvalue weighted by Crippen LogP contribution is 2.20. The lowest BCUT2D eigenvalue weighted by Gasteiger charge is -2.38. The van der Waals surface area contributed by atoms with Crippen molar-refractivity contribution in [1.82, 2.24) is 0 Å². The quantitative estimate of drug-likeness (QED) is 0.367. The van der Waals surface area contributed by atoms with Crippen molar-refractivity contribution in [3.63, 3.8) is 0 Å². The summed E-state index contributed by atoms with van der Waals surface area (Å²) < 4.78 is 5.02. The molecule has 1 aliphatic rings. The number of ether oxygens (including phenoxy) is 1. The predicted molar refractivity (Wildman–Crippen MR) is 39.4 cm³/mol. The van der Waals surface area contributed by atoms with Crippen molar-refractivity contribution < 1.29 is 25.2 Å². The molecule has 1 fully saturated rings. The summed E-state index contributed by atoms with van der Waals surface area (Å²) in [5.41, 5.74) is 0. The fourth-order valence-corrected chi connectivity index (χ4v) is 1.29. The molecule has 72 valence electrons. The third-order valence-electron chi connectivity index (χ3n) is 2.13. The van der Waals surface area contributed by atoms with Crippen LogP contribution in [0.4, 0.5) is 0 Å². The third kappa shape index (κ3) is 1.60. The fourth-order valence-electron chi connectivity index (χ4n) is 1.29. The third-order valence-corrected chi connectivity index (χ3v) is 2.13. The van der Waals surface area contributed by atoms with Gasteiger partial charge in [0.1, 0.15) is 24.4 Å². The highest BCUT2D eigenvalue weighted by atomic mass is 16.5. The van der Waals surface area contributed by atoms with E-state index < -0.39 is 30.5 Å². The second-order valence-electron chi connectivity index (χ2n) is 3.03. The molecular weight excluding hydrogens is 164 g/mol. The first-order chi connectivity index (χ1) is 5.57. The lowest BCUT2D eigenvalue weighted by molar-refractivity contribution is -0.224. The zero-order valence-corrected chi connectivity index (χ0v) is 6.79. The maximum Gasteiger partial charge on any atom is 0.111 e. The van der Waals surface area contributed by atoms with Crippen molar-refractivity contribution in [2.45, 2.75) is 37.4 Å². The number of aliphatic hydroxyl groups excluding tert-OH is 4. The molecule has 0 bridgehead atoms. The summed E-state index contributed by atoms with van der Waals surface area (Å²) in [6, 6.07) is 0. The molecule has 0 aromatic carbocycles. The first-order valence-corrected chi connectivity index (χ1v) is 3.88. The predicted octanol–water partition coefficient (Wildman–Crippen LogP) is -2.15. The molecule has 0 aliphatic carbocycles. The summed E-state index contributed by atoms with van der Waals surface area (Å²) >= 11 is 0. The average molecular weight is 178 g/mol. The maximum atomic E-state index is 9.23. The monoisotopic (exact) mass is 178 g/mol. The van der Waals surface area contributed by atoms with Crippen molar-refractivity contribution in [3.05, 3.63) is 0 Å². The zero-order chi connectivity index (χ0) is 9.30. The van der Waals surface area contributed by atoms with Gasteiger partial charge >= 0.3 is 0 Å². The molecule has 3 unspecified atom stereocenters. The molecule has 12 heavy (non-hydrogen) atoms. The lowest BCUT2D eigenvalue weighted by Crippen LogP contribution is -2.57. The molecule has 0 aromatic rings. The molecular formula is C7H14O5. The van der Waals surface area contributed by atoms with Crippen LogP contribution in [0.15, 0.2) is 0 Å². The van der Waals surface area contributed by atoms with Crippen LogP contribution in [0.1, 0.15) is 6.92 Å². The Morgan fingerprint density at radius 1 is 1.08 bits per heavy atom. The highest BCUT2D eigenvalue weighted by Gasteiger charge is 2.41. The number of hydrogen-bond donors (Lipinski definition) is 4. The van der Waals surface area contributed by atoms with Crippen molar-refractivity contribution in [2.24, 2.45) is 0 Å². The minimum atomic E-state index is -1.24. The van der Waals surface area contributed by atoms with E-state index in [1.807, 2.05) is 0 Å². The number of hydrogen-bond acceptors (Lipinski definition) is 5. The maximum absolute atomic E-state index is 9.23. The van der Waals surface area contributed by atoms with E-state index in [0.717, 1.165) is 0 Å². The van der Waals surface area contributed by atoms with E-state index in [1.165, 1.54) is 0 Å². The molecule has 0 aromatic heterocycles. The van der Waals surface area contributed by atoms with Crippen LogP contribution in [0.25, 0.3) is 0 Å². The van der Waals surface area contributed by atoms with Crippen molar-refractivity contribution in [3.8, 4) is 0 Å². The number of rotatable bonds is 1. The Kier molecular flexibility index (Phi) is 3.03. The van der Waals surface area contributed by atoms with Crippen molar-refractivity contribution in [2.75, 3.05) is 6.61 Å². The van der Waals surface area contributed by atoms with Crippen LogP contribution in [0.5, 0.6) is 0 Å². The molecule has 1 heterocycles. The van der Waals surface area contributed by atoms with Crippen LogP contribution < -0.4 is 0 Å². The van der Waals surface area contributed by atoms with Crippen LogP contribution in [-0.2, 0) is 4.74 Å². The van der Waals surface area contributed by atoms with E-state index in [4.69, 9.17) is 9.84 Å². The van der Waals surface area contributed by atoms with Crippen LogP contribution in [0.2, 0.25) is 0 Å². The first-order valence-electron chi connectivity index (χ1n) is 3.88. The Labute approximate surface area is 70.2 Å². The molecule has 0 spiro atoms. The van der Waals surface area contributed by atoms with Gasteiger partial charge in [-0.25, -0.2) is 0 Å². The summed E-state index contributed by atoms with van der Waals surface area (Å²) in [6.07, 6.45) is -4.94. The summed E-state index contributed by atoms with van der Waals surface area (Å²) in [5.74, 6) is 0. The fraction of sp³-hybridized carbons (Fsp3) is 1.00. The highest BCUT2D eigenvalue weighted by molar-refractivity contribution is 4.89. The molecule has 1 aliphatic heterocycles. The van der Waals surface area contributed by atoms with Crippen LogP contribution in [-0.4, -0.2) is 57.6 Å². The molecule has 5 atom stereocenters. The minimum absolute atomic E-state index is 0.366. The van der Waals surface area contributed by atoms with Gasteiger partial charge in [0.25, 0.3) is 0 Å². The number of aliphatic hydroxyl groups is 4. The van der Waals surface area contributed by atoms with Gasteiger partial charge in [-0.2, -0.15) is 0 Å². The molecule has 0 radical (unpaired) electrons. The van der Waals surface area contributed by atoms with Gasteiger partial charge in [-0.1, -0.05) is 0 Å². The van der Waals surface area contributed by atoms with Gasteiger partial charge in [-0.15, -0.1) is 0 Å². The topological polar surface area (TPSA) is 90.2 Å². The van der Waals surface area contributed by atoms with Crippen LogP contribution in [0, 0.1) is 0 Å². The van der Waals surface area contributed by atoms with E-state index in [-0.39, 0.29) is 6.61 Å². The minimum Gasteiger partial charge on any atom is -0.394 e. The molecule has 1 saturated heterocycles. The summed E-state index contributed by atoms with van der Waals surface area (Å²) in [4.78, 5) is 0. The molecule has 1 rings (SSSR count). The molecule has 5 nitrogen and oxygen atoms in total. The van der Waals surface area contributed by atoms with E-state index in [1.54, 1.807) is 6.92 Å². The van der Waals surface area contributed by atoms with Gasteiger partial charge in [0.2, 0.25) is 0 Å². The smallest absolute Gasteiger partial charge is 0.111 e. The zero-order valence-electron chi connectivity index (χ0n) is 6.79. The first kappa shape index (κ1) is 9.88. The van der Waals surface area contributed by atoms with Crippen LogP contribution >= 0.6 is 0 Å². The Morgan fingerprint density at radius 2 is 1.67 bits per heavy atom. The lowest BCUT2D eigenvalue weighted by atomic mass is 9.96. The van der Waals surface area contributed by atoms with E-state index >= 15 is 0 Å². The van der Waals surface area contributed by atoms with Gasteiger partial charge < -0.3 is 25.2 Å². The van der Waals surface area contributed by atoms with Crippen LogP contribution in [0.3, 0.4) is 0 Å².